The second-order valence-electron chi connectivity index (χ2n) is 3.22. The van der Waals surface area contributed by atoms with Crippen LogP contribution in [0.15, 0.2) is 11.5 Å². The molecule has 0 spiro atoms. The standard InChI is InChI=1S/C8H15NO3S/c1-7(12-2)5-9-8-3-4-13(10,11)6-8/h3-4,7-9H,5-6H2,1-2H3. The second kappa shape index (κ2) is 4.21. The van der Waals surface area contributed by atoms with E-state index in [0.717, 1.165) is 0 Å². The highest BCUT2D eigenvalue weighted by molar-refractivity contribution is 7.94. The lowest BCUT2D eigenvalue weighted by atomic mass is 10.3. The van der Waals surface area contributed by atoms with Crippen LogP contribution in [-0.2, 0) is 14.6 Å². The number of ether oxygens (including phenoxy) is 1. The van der Waals surface area contributed by atoms with Crippen LogP contribution < -0.4 is 5.32 Å². The molecule has 0 saturated carbocycles. The molecule has 0 aliphatic carbocycles. The van der Waals surface area contributed by atoms with Gasteiger partial charge in [-0.1, -0.05) is 6.08 Å². The van der Waals surface area contributed by atoms with Gasteiger partial charge in [0, 0.05) is 25.1 Å². The summed E-state index contributed by atoms with van der Waals surface area (Å²) < 4.78 is 27.0. The maximum atomic E-state index is 11.0. The molecule has 4 nitrogen and oxygen atoms in total. The monoisotopic (exact) mass is 205 g/mol. The molecule has 0 amide bonds. The van der Waals surface area contributed by atoms with Crippen molar-refractivity contribution in [2.24, 2.45) is 0 Å². The van der Waals surface area contributed by atoms with Crippen molar-refractivity contribution < 1.29 is 13.2 Å². The molecule has 2 unspecified atom stereocenters. The van der Waals surface area contributed by atoms with Crippen LogP contribution in [0.2, 0.25) is 0 Å². The molecule has 0 saturated heterocycles. The Kier molecular flexibility index (Phi) is 3.47. The van der Waals surface area contributed by atoms with Crippen LogP contribution in [0.5, 0.6) is 0 Å². The Hall–Kier alpha value is -0.390. The van der Waals surface area contributed by atoms with E-state index in [1.165, 1.54) is 5.41 Å². The van der Waals surface area contributed by atoms with Gasteiger partial charge in [-0.25, -0.2) is 8.42 Å². The average Bonchev–Trinajstić information content (AvgIpc) is 2.41. The molecule has 0 radical (unpaired) electrons. The lowest BCUT2D eigenvalue weighted by Crippen LogP contribution is -2.35. The van der Waals surface area contributed by atoms with Crippen molar-refractivity contribution in [3.8, 4) is 0 Å². The molecule has 0 aromatic carbocycles. The fourth-order valence-electron chi connectivity index (χ4n) is 1.10. The van der Waals surface area contributed by atoms with Gasteiger partial charge in [0.2, 0.25) is 0 Å². The molecule has 2 atom stereocenters. The quantitative estimate of drug-likeness (QED) is 0.697. The minimum atomic E-state index is -2.93. The second-order valence-corrected chi connectivity index (χ2v) is 5.15. The molecule has 1 aliphatic heterocycles. The number of methoxy groups -OCH3 is 1. The maximum absolute atomic E-state index is 11.0. The van der Waals surface area contributed by atoms with E-state index in [1.807, 2.05) is 6.92 Å². The molecule has 1 N–H and O–H groups in total. The summed E-state index contributed by atoms with van der Waals surface area (Å²) >= 11 is 0. The zero-order valence-electron chi connectivity index (χ0n) is 7.86. The Morgan fingerprint density at radius 1 is 1.69 bits per heavy atom. The first-order valence-corrected chi connectivity index (χ1v) is 5.92. The van der Waals surface area contributed by atoms with Gasteiger partial charge in [-0.2, -0.15) is 0 Å². The van der Waals surface area contributed by atoms with Gasteiger partial charge in [-0.05, 0) is 6.92 Å². The van der Waals surface area contributed by atoms with Gasteiger partial charge in [-0.15, -0.1) is 0 Å². The number of hydrogen-bond acceptors (Lipinski definition) is 4. The molecule has 0 bridgehead atoms. The molecular formula is C8H15NO3S. The van der Waals surface area contributed by atoms with Crippen LogP contribution >= 0.6 is 0 Å². The van der Waals surface area contributed by atoms with Crippen molar-refractivity contribution in [2.45, 2.75) is 19.1 Å². The summed E-state index contributed by atoms with van der Waals surface area (Å²) in [7, 11) is -1.30. The largest absolute Gasteiger partial charge is 0.380 e. The van der Waals surface area contributed by atoms with E-state index in [1.54, 1.807) is 13.2 Å². The average molecular weight is 205 g/mol. The van der Waals surface area contributed by atoms with Gasteiger partial charge < -0.3 is 10.1 Å². The molecule has 0 aromatic heterocycles. The summed E-state index contributed by atoms with van der Waals surface area (Å²) in [5.41, 5.74) is 0. The predicted molar refractivity (Wildman–Crippen MR) is 51.2 cm³/mol. The third-order valence-corrected chi connectivity index (χ3v) is 3.40. The zero-order valence-corrected chi connectivity index (χ0v) is 8.67. The zero-order chi connectivity index (χ0) is 9.90. The minimum Gasteiger partial charge on any atom is -0.380 e. The van der Waals surface area contributed by atoms with Crippen LogP contribution in [0, 0.1) is 0 Å². The highest BCUT2D eigenvalue weighted by Gasteiger charge is 2.21. The third kappa shape index (κ3) is 3.46. The molecule has 1 rings (SSSR count). The molecule has 1 heterocycles. The summed E-state index contributed by atoms with van der Waals surface area (Å²) in [5.74, 6) is 0.170. The van der Waals surface area contributed by atoms with E-state index in [2.05, 4.69) is 5.32 Å². The number of nitrogens with one attached hydrogen (secondary N) is 1. The summed E-state index contributed by atoms with van der Waals surface area (Å²) in [5, 5.41) is 4.36. The highest BCUT2D eigenvalue weighted by Crippen LogP contribution is 2.07. The topological polar surface area (TPSA) is 55.4 Å². The van der Waals surface area contributed by atoms with Crippen LogP contribution in [0.3, 0.4) is 0 Å². The Balaban J connectivity index is 2.30. The lowest BCUT2D eigenvalue weighted by Gasteiger charge is -2.13. The molecular weight excluding hydrogens is 190 g/mol. The van der Waals surface area contributed by atoms with Gasteiger partial charge in [-0.3, -0.25) is 0 Å². The molecule has 0 aromatic rings. The van der Waals surface area contributed by atoms with Crippen LogP contribution in [-0.4, -0.2) is 40.0 Å². The maximum Gasteiger partial charge on any atom is 0.173 e. The Bertz CT molecular complexity index is 284. The predicted octanol–water partition coefficient (Wildman–Crippen LogP) is -0.0784. The van der Waals surface area contributed by atoms with Crippen molar-refractivity contribution in [2.75, 3.05) is 19.4 Å². The summed E-state index contributed by atoms with van der Waals surface area (Å²) in [6.07, 6.45) is 1.79. The molecule has 76 valence electrons. The fraction of sp³-hybridized carbons (Fsp3) is 0.750. The van der Waals surface area contributed by atoms with E-state index in [-0.39, 0.29) is 17.9 Å². The van der Waals surface area contributed by atoms with Crippen molar-refractivity contribution in [1.29, 1.82) is 0 Å². The first-order chi connectivity index (χ1) is 6.03. The van der Waals surface area contributed by atoms with E-state index in [4.69, 9.17) is 4.74 Å². The van der Waals surface area contributed by atoms with E-state index >= 15 is 0 Å². The molecule has 5 heteroatoms. The summed E-state index contributed by atoms with van der Waals surface area (Å²) in [6.45, 7) is 2.60. The summed E-state index contributed by atoms with van der Waals surface area (Å²) in [4.78, 5) is 0. The minimum absolute atomic E-state index is 0.0531. The van der Waals surface area contributed by atoms with E-state index in [9.17, 15) is 8.42 Å². The SMILES string of the molecule is COC(C)CNC1C=CS(=O)(=O)C1. The molecule has 1 aliphatic rings. The smallest absolute Gasteiger partial charge is 0.173 e. The number of hydrogen-bond donors (Lipinski definition) is 1. The van der Waals surface area contributed by atoms with E-state index in [0.29, 0.717) is 6.54 Å². The van der Waals surface area contributed by atoms with Crippen molar-refractivity contribution >= 4 is 9.84 Å². The third-order valence-electron chi connectivity index (χ3n) is 2.00. The van der Waals surface area contributed by atoms with Crippen LogP contribution in [0.25, 0.3) is 0 Å². The lowest BCUT2D eigenvalue weighted by molar-refractivity contribution is 0.116. The van der Waals surface area contributed by atoms with E-state index < -0.39 is 9.84 Å². The Labute approximate surface area is 78.9 Å². The van der Waals surface area contributed by atoms with Crippen molar-refractivity contribution in [3.05, 3.63) is 11.5 Å². The molecule has 0 fully saturated rings. The van der Waals surface area contributed by atoms with Gasteiger partial charge in [0.05, 0.1) is 11.9 Å². The van der Waals surface area contributed by atoms with Gasteiger partial charge in [0.1, 0.15) is 0 Å². The number of sulfone groups is 1. The van der Waals surface area contributed by atoms with Crippen LogP contribution in [0.1, 0.15) is 6.92 Å². The van der Waals surface area contributed by atoms with Crippen molar-refractivity contribution in [3.63, 3.8) is 0 Å². The number of rotatable bonds is 4. The van der Waals surface area contributed by atoms with Crippen molar-refractivity contribution in [1.82, 2.24) is 5.32 Å². The first kappa shape index (κ1) is 10.7. The Morgan fingerprint density at radius 3 is 2.85 bits per heavy atom. The highest BCUT2D eigenvalue weighted by atomic mass is 32.2. The Morgan fingerprint density at radius 2 is 2.38 bits per heavy atom. The van der Waals surface area contributed by atoms with Gasteiger partial charge in [0.15, 0.2) is 9.84 Å². The van der Waals surface area contributed by atoms with Gasteiger partial charge >= 0.3 is 0 Å². The van der Waals surface area contributed by atoms with Crippen LogP contribution in [0.4, 0.5) is 0 Å². The first-order valence-electron chi connectivity index (χ1n) is 4.20. The van der Waals surface area contributed by atoms with Gasteiger partial charge in [0.25, 0.3) is 0 Å². The summed E-state index contributed by atoms with van der Waals surface area (Å²) in [6, 6.07) is -0.0531. The molecule has 13 heavy (non-hydrogen) atoms. The normalized spacial score (nSPS) is 27.7. The fourth-order valence-corrected chi connectivity index (χ4v) is 2.37.